The van der Waals surface area contributed by atoms with Crippen LogP contribution in [0.1, 0.15) is 10.4 Å². The van der Waals surface area contributed by atoms with Gasteiger partial charge in [-0.25, -0.2) is 17.6 Å². The highest BCUT2D eigenvalue weighted by molar-refractivity contribution is 7.89. The molecule has 8 heteroatoms. The Bertz CT molecular complexity index is 861. The van der Waals surface area contributed by atoms with Crippen LogP contribution in [0.25, 0.3) is 0 Å². The third kappa shape index (κ3) is 3.87. The highest BCUT2D eigenvalue weighted by atomic mass is 32.2. The number of hydrogen-bond donors (Lipinski definition) is 0. The van der Waals surface area contributed by atoms with Crippen LogP contribution in [0, 0.1) is 5.82 Å². The quantitative estimate of drug-likeness (QED) is 0.613. The van der Waals surface area contributed by atoms with Gasteiger partial charge >= 0.3 is 5.97 Å². The van der Waals surface area contributed by atoms with Gasteiger partial charge in [-0.1, -0.05) is 12.1 Å². The molecule has 0 atom stereocenters. The van der Waals surface area contributed by atoms with Gasteiger partial charge in [0, 0.05) is 13.1 Å². The van der Waals surface area contributed by atoms with Crippen molar-refractivity contribution in [3.63, 3.8) is 0 Å². The van der Waals surface area contributed by atoms with E-state index < -0.39 is 21.8 Å². The summed E-state index contributed by atoms with van der Waals surface area (Å²) in [4.78, 5) is 12.1. The van der Waals surface area contributed by atoms with Gasteiger partial charge in [-0.3, -0.25) is 0 Å². The van der Waals surface area contributed by atoms with Crippen molar-refractivity contribution in [3.05, 3.63) is 59.9 Å². The smallest absolute Gasteiger partial charge is 0.343 e. The maximum Gasteiger partial charge on any atom is 0.343 e. The Morgan fingerprint density at radius 2 is 1.68 bits per heavy atom. The summed E-state index contributed by atoms with van der Waals surface area (Å²) in [6, 6.07) is 10.9. The van der Waals surface area contributed by atoms with E-state index in [-0.39, 0.29) is 16.2 Å². The van der Waals surface area contributed by atoms with E-state index in [9.17, 15) is 17.6 Å². The lowest BCUT2D eigenvalue weighted by Crippen LogP contribution is -2.40. The number of hydrogen-bond acceptors (Lipinski definition) is 5. The predicted octanol–water partition coefficient (Wildman–Crippen LogP) is 2.07. The van der Waals surface area contributed by atoms with Crippen LogP contribution in [0.5, 0.6) is 5.75 Å². The third-order valence-electron chi connectivity index (χ3n) is 3.74. The number of sulfonamides is 1. The average Bonchev–Trinajstić information content (AvgIpc) is 2.64. The lowest BCUT2D eigenvalue weighted by atomic mass is 10.2. The molecule has 0 spiro atoms. The lowest BCUT2D eigenvalue weighted by molar-refractivity contribution is 0.0727. The summed E-state index contributed by atoms with van der Waals surface area (Å²) < 4.78 is 50.0. The monoisotopic (exact) mass is 365 g/mol. The first-order chi connectivity index (χ1) is 12.0. The summed E-state index contributed by atoms with van der Waals surface area (Å²) >= 11 is 0. The molecule has 0 aliphatic carbocycles. The second-order valence-corrected chi connectivity index (χ2v) is 7.30. The van der Waals surface area contributed by atoms with Gasteiger partial charge in [-0.05, 0) is 36.4 Å². The number of benzene rings is 2. The molecule has 0 bridgehead atoms. The van der Waals surface area contributed by atoms with Crippen molar-refractivity contribution in [2.24, 2.45) is 0 Å². The molecule has 2 aromatic rings. The highest BCUT2D eigenvalue weighted by Gasteiger charge is 2.26. The van der Waals surface area contributed by atoms with Crippen LogP contribution in [0.3, 0.4) is 0 Å². The number of para-hydroxylation sites is 1. The Kier molecular flexibility index (Phi) is 5.12. The average molecular weight is 365 g/mol. The number of halogens is 1. The van der Waals surface area contributed by atoms with Gasteiger partial charge in [0.05, 0.1) is 23.7 Å². The van der Waals surface area contributed by atoms with E-state index in [0.717, 1.165) is 0 Å². The molecule has 0 saturated carbocycles. The van der Waals surface area contributed by atoms with E-state index in [1.807, 2.05) is 0 Å². The first-order valence-electron chi connectivity index (χ1n) is 7.63. The fraction of sp³-hybridized carbons (Fsp3) is 0.235. The molecule has 2 aromatic carbocycles. The predicted molar refractivity (Wildman–Crippen MR) is 87.4 cm³/mol. The number of morpholine rings is 1. The molecule has 0 radical (unpaired) electrons. The van der Waals surface area contributed by atoms with Crippen LogP contribution in [0.2, 0.25) is 0 Å². The molecule has 0 N–H and O–H groups in total. The van der Waals surface area contributed by atoms with Gasteiger partial charge < -0.3 is 9.47 Å². The Labute approximate surface area is 144 Å². The van der Waals surface area contributed by atoms with Gasteiger partial charge in [0.25, 0.3) is 0 Å². The van der Waals surface area contributed by atoms with E-state index in [0.29, 0.717) is 26.3 Å². The summed E-state index contributed by atoms with van der Waals surface area (Å²) in [6.45, 7) is 1.29. The normalized spacial score (nSPS) is 15.7. The fourth-order valence-corrected chi connectivity index (χ4v) is 3.79. The maximum absolute atomic E-state index is 13.5. The van der Waals surface area contributed by atoms with Crippen molar-refractivity contribution < 1.29 is 27.1 Å². The molecule has 1 aliphatic heterocycles. The summed E-state index contributed by atoms with van der Waals surface area (Å²) in [7, 11) is -3.63. The Morgan fingerprint density at radius 3 is 2.32 bits per heavy atom. The number of carbonyl (C=O) groups is 1. The van der Waals surface area contributed by atoms with Crippen LogP contribution >= 0.6 is 0 Å². The molecule has 1 heterocycles. The minimum atomic E-state index is -3.63. The SMILES string of the molecule is O=C(Oc1ccccc1F)c1ccc(S(=O)(=O)N2CCOCC2)cc1. The minimum absolute atomic E-state index is 0.0804. The third-order valence-corrected chi connectivity index (χ3v) is 5.65. The highest BCUT2D eigenvalue weighted by Crippen LogP contribution is 2.20. The number of ether oxygens (including phenoxy) is 2. The van der Waals surface area contributed by atoms with Crippen LogP contribution in [-0.2, 0) is 14.8 Å². The van der Waals surface area contributed by atoms with Crippen molar-refractivity contribution in [2.75, 3.05) is 26.3 Å². The molecule has 6 nitrogen and oxygen atoms in total. The first kappa shape index (κ1) is 17.5. The van der Waals surface area contributed by atoms with Crippen molar-refractivity contribution in [1.82, 2.24) is 4.31 Å². The molecular formula is C17H16FNO5S. The Morgan fingerprint density at radius 1 is 1.04 bits per heavy atom. The van der Waals surface area contributed by atoms with E-state index in [2.05, 4.69) is 0 Å². The number of esters is 1. The zero-order valence-electron chi connectivity index (χ0n) is 13.2. The lowest BCUT2D eigenvalue weighted by Gasteiger charge is -2.26. The molecule has 1 aliphatic rings. The van der Waals surface area contributed by atoms with Crippen LogP contribution in [0.4, 0.5) is 4.39 Å². The van der Waals surface area contributed by atoms with Crippen LogP contribution in [0.15, 0.2) is 53.4 Å². The van der Waals surface area contributed by atoms with Crippen molar-refractivity contribution in [3.8, 4) is 5.75 Å². The second kappa shape index (κ2) is 7.30. The maximum atomic E-state index is 13.5. The second-order valence-electron chi connectivity index (χ2n) is 5.36. The molecule has 25 heavy (non-hydrogen) atoms. The molecule has 0 amide bonds. The van der Waals surface area contributed by atoms with Crippen molar-refractivity contribution in [1.29, 1.82) is 0 Å². The fourth-order valence-electron chi connectivity index (χ4n) is 2.39. The zero-order valence-corrected chi connectivity index (χ0v) is 14.0. The van der Waals surface area contributed by atoms with E-state index >= 15 is 0 Å². The number of carbonyl (C=O) groups excluding carboxylic acids is 1. The topological polar surface area (TPSA) is 72.9 Å². The summed E-state index contributed by atoms with van der Waals surface area (Å²) in [5.41, 5.74) is 0.129. The minimum Gasteiger partial charge on any atom is -0.420 e. The molecular weight excluding hydrogens is 349 g/mol. The molecule has 1 fully saturated rings. The van der Waals surface area contributed by atoms with Gasteiger partial charge in [-0.2, -0.15) is 4.31 Å². The van der Waals surface area contributed by atoms with Gasteiger partial charge in [-0.15, -0.1) is 0 Å². The molecule has 3 rings (SSSR count). The molecule has 0 unspecified atom stereocenters. The van der Waals surface area contributed by atoms with Crippen molar-refractivity contribution in [2.45, 2.75) is 4.90 Å². The number of nitrogens with zero attached hydrogens (tertiary/aromatic N) is 1. The Hall–Kier alpha value is -2.29. The standard InChI is InChI=1S/C17H16FNO5S/c18-15-3-1-2-4-16(15)24-17(20)13-5-7-14(8-6-13)25(21,22)19-9-11-23-12-10-19/h1-8H,9-12H2. The van der Waals surface area contributed by atoms with Crippen LogP contribution < -0.4 is 4.74 Å². The van der Waals surface area contributed by atoms with Gasteiger partial charge in [0.2, 0.25) is 10.0 Å². The summed E-state index contributed by atoms with van der Waals surface area (Å²) in [5.74, 6) is -1.60. The number of rotatable bonds is 4. The van der Waals surface area contributed by atoms with Crippen LogP contribution in [-0.4, -0.2) is 45.0 Å². The molecule has 1 saturated heterocycles. The summed E-state index contributed by atoms with van der Waals surface area (Å²) in [5, 5.41) is 0. The van der Waals surface area contributed by atoms with Crippen molar-refractivity contribution >= 4 is 16.0 Å². The first-order valence-corrected chi connectivity index (χ1v) is 9.07. The molecule has 132 valence electrons. The zero-order chi connectivity index (χ0) is 17.9. The van der Waals surface area contributed by atoms with Gasteiger partial charge in [0.15, 0.2) is 11.6 Å². The van der Waals surface area contributed by atoms with E-state index in [1.165, 1.54) is 46.8 Å². The Balaban J connectivity index is 1.75. The van der Waals surface area contributed by atoms with Gasteiger partial charge in [0.1, 0.15) is 0 Å². The molecule has 0 aromatic heterocycles. The van der Waals surface area contributed by atoms with E-state index in [4.69, 9.17) is 9.47 Å². The summed E-state index contributed by atoms with van der Waals surface area (Å²) in [6.07, 6.45) is 0. The largest absolute Gasteiger partial charge is 0.420 e. The van der Waals surface area contributed by atoms with E-state index in [1.54, 1.807) is 6.07 Å².